The van der Waals surface area contributed by atoms with E-state index in [-0.39, 0.29) is 5.92 Å². The van der Waals surface area contributed by atoms with Crippen molar-refractivity contribution in [2.45, 2.75) is 26.3 Å². The lowest BCUT2D eigenvalue weighted by Gasteiger charge is -2.21. The number of ether oxygens (including phenoxy) is 1. The van der Waals surface area contributed by atoms with Crippen molar-refractivity contribution in [3.8, 4) is 0 Å². The summed E-state index contributed by atoms with van der Waals surface area (Å²) < 4.78 is 4.57. The number of carbonyl (C=O) groups is 2. The van der Waals surface area contributed by atoms with Crippen LogP contribution in [0, 0.1) is 5.92 Å². The van der Waals surface area contributed by atoms with E-state index in [0.29, 0.717) is 0 Å². The molecule has 0 bridgehead atoms. The number of nitrogens with one attached hydrogen (secondary N) is 1. The molecule has 0 fully saturated rings. The molecule has 0 saturated carbocycles. The first-order valence-electron chi connectivity index (χ1n) is 4.50. The summed E-state index contributed by atoms with van der Waals surface area (Å²) in [7, 11) is 2.17. The van der Waals surface area contributed by atoms with Crippen LogP contribution in [-0.2, 0) is 9.53 Å². The molecular weight excluding hydrogens is 183 g/mol. The average molecular weight is 199 g/mol. The molecule has 0 heterocycles. The molecule has 0 aliphatic carbocycles. The van der Waals surface area contributed by atoms with Crippen molar-refractivity contribution in [3.05, 3.63) is 0 Å². The Morgan fingerprint density at radius 2 is 2.14 bits per heavy atom. The quantitative estimate of drug-likeness (QED) is 0.477. The van der Waals surface area contributed by atoms with Crippen LogP contribution in [0.4, 0.5) is 4.79 Å². The van der Waals surface area contributed by atoms with E-state index in [2.05, 4.69) is 10.1 Å². The van der Waals surface area contributed by atoms with E-state index in [1.165, 1.54) is 7.11 Å². The van der Waals surface area contributed by atoms with E-state index in [0.717, 1.165) is 13.8 Å². The molecule has 0 aromatic heterocycles. The zero-order valence-corrected chi connectivity index (χ0v) is 8.74. The first-order chi connectivity index (χ1) is 6.56. The molecule has 2 atom stereocenters. The Balaban J connectivity index is 4.39. The first kappa shape index (κ1) is 13.0. The summed E-state index contributed by atoms with van der Waals surface area (Å²) in [5.41, 5.74) is 5.01. The highest BCUT2D eigenvalue weighted by atomic mass is 16.5. The fourth-order valence-electron chi connectivity index (χ4n) is 0.998. The van der Waals surface area contributed by atoms with Gasteiger partial charge in [0.1, 0.15) is 6.04 Å². The SMILES string of the molecule is CCC(C)C(NC(=O)[B]N)C(=O)OC. The van der Waals surface area contributed by atoms with Crippen molar-refractivity contribution in [2.24, 2.45) is 11.6 Å². The fraction of sp³-hybridized carbons (Fsp3) is 0.750. The number of rotatable bonds is 5. The zero-order valence-electron chi connectivity index (χ0n) is 8.74. The molecule has 0 aromatic rings. The van der Waals surface area contributed by atoms with Gasteiger partial charge in [-0.25, -0.2) is 4.79 Å². The Bertz CT molecular complexity index is 211. The molecule has 5 nitrogen and oxygen atoms in total. The monoisotopic (exact) mass is 199 g/mol. The van der Waals surface area contributed by atoms with Crippen LogP contribution in [0.5, 0.6) is 0 Å². The topological polar surface area (TPSA) is 81.4 Å². The third-order valence-electron chi connectivity index (χ3n) is 2.12. The lowest BCUT2D eigenvalue weighted by Crippen LogP contribution is -2.48. The van der Waals surface area contributed by atoms with Gasteiger partial charge in [0.05, 0.1) is 7.11 Å². The van der Waals surface area contributed by atoms with Crippen LogP contribution in [-0.4, -0.2) is 32.3 Å². The van der Waals surface area contributed by atoms with E-state index < -0.39 is 17.8 Å². The van der Waals surface area contributed by atoms with E-state index in [1.807, 2.05) is 13.8 Å². The van der Waals surface area contributed by atoms with Crippen molar-refractivity contribution in [2.75, 3.05) is 7.11 Å². The Kier molecular flexibility index (Phi) is 5.95. The van der Waals surface area contributed by atoms with Crippen LogP contribution in [0.15, 0.2) is 0 Å². The highest BCUT2D eigenvalue weighted by Crippen LogP contribution is 2.08. The number of nitrogens with two attached hydrogens (primary N) is 1. The standard InChI is InChI=1S/C8H16BN2O3/c1-4-5(2)6(7(12)14-3)11-8(13)9-10/h5-6H,4,10H2,1-3H3,(H,11,13). The van der Waals surface area contributed by atoms with Crippen LogP contribution in [0.2, 0.25) is 0 Å². The molecule has 6 heteroatoms. The second-order valence-electron chi connectivity index (χ2n) is 3.06. The molecule has 79 valence electrons. The molecule has 3 N–H and O–H groups in total. The molecule has 0 aromatic carbocycles. The van der Waals surface area contributed by atoms with Crippen molar-refractivity contribution in [1.29, 1.82) is 0 Å². The van der Waals surface area contributed by atoms with Gasteiger partial charge in [0.15, 0.2) is 5.81 Å². The Morgan fingerprint density at radius 1 is 1.57 bits per heavy atom. The number of amides is 1. The molecule has 0 aliphatic heterocycles. The minimum Gasteiger partial charge on any atom is -0.467 e. The van der Waals surface area contributed by atoms with Crippen molar-refractivity contribution < 1.29 is 14.3 Å². The van der Waals surface area contributed by atoms with Gasteiger partial charge in [-0.15, -0.1) is 0 Å². The van der Waals surface area contributed by atoms with Gasteiger partial charge < -0.3 is 15.7 Å². The highest BCUT2D eigenvalue weighted by molar-refractivity contribution is 6.70. The van der Waals surface area contributed by atoms with E-state index in [1.54, 1.807) is 0 Å². The maximum atomic E-state index is 11.3. The molecule has 2 unspecified atom stereocenters. The number of esters is 1. The zero-order chi connectivity index (χ0) is 11.1. The van der Waals surface area contributed by atoms with Crippen LogP contribution >= 0.6 is 0 Å². The highest BCUT2D eigenvalue weighted by Gasteiger charge is 2.26. The number of hydrogen-bond donors (Lipinski definition) is 2. The summed E-state index contributed by atoms with van der Waals surface area (Å²) in [6, 6.07) is -0.628. The lowest BCUT2D eigenvalue weighted by molar-refractivity contribution is -0.144. The van der Waals surface area contributed by atoms with Crippen molar-refractivity contribution in [3.63, 3.8) is 0 Å². The van der Waals surface area contributed by atoms with Gasteiger partial charge in [-0.1, -0.05) is 20.3 Å². The van der Waals surface area contributed by atoms with Crippen molar-refractivity contribution >= 4 is 19.2 Å². The molecule has 1 amide bonds. The Morgan fingerprint density at radius 3 is 2.50 bits per heavy atom. The molecular formula is C8H16BN2O3. The normalized spacial score (nSPS) is 14.0. The van der Waals surface area contributed by atoms with Gasteiger partial charge in [-0.05, 0) is 5.92 Å². The van der Waals surface area contributed by atoms with E-state index in [9.17, 15) is 9.59 Å². The summed E-state index contributed by atoms with van der Waals surface area (Å²) in [6.45, 7) is 3.79. The predicted octanol–water partition coefficient (Wildman–Crippen LogP) is -0.138. The number of hydrogen-bond acceptors (Lipinski definition) is 4. The summed E-state index contributed by atoms with van der Waals surface area (Å²) >= 11 is 0. The molecule has 14 heavy (non-hydrogen) atoms. The van der Waals surface area contributed by atoms with Gasteiger partial charge in [0.2, 0.25) is 0 Å². The van der Waals surface area contributed by atoms with E-state index in [4.69, 9.17) is 5.64 Å². The van der Waals surface area contributed by atoms with Crippen LogP contribution in [0.25, 0.3) is 0 Å². The lowest BCUT2D eigenvalue weighted by atomic mass is 9.92. The molecule has 0 aliphatic rings. The first-order valence-corrected chi connectivity index (χ1v) is 4.50. The summed E-state index contributed by atoms with van der Waals surface area (Å²) in [5.74, 6) is -0.901. The van der Waals surface area contributed by atoms with Gasteiger partial charge in [0, 0.05) is 0 Å². The Labute approximate surface area is 84.6 Å². The van der Waals surface area contributed by atoms with Gasteiger partial charge in [-0.3, -0.25) is 4.79 Å². The second-order valence-corrected chi connectivity index (χ2v) is 3.06. The Hall–Kier alpha value is -1.04. The molecule has 0 rings (SSSR count). The van der Waals surface area contributed by atoms with Crippen LogP contribution < -0.4 is 11.0 Å². The van der Waals surface area contributed by atoms with Gasteiger partial charge >= 0.3 is 13.4 Å². The van der Waals surface area contributed by atoms with Crippen LogP contribution in [0.1, 0.15) is 20.3 Å². The van der Waals surface area contributed by atoms with Crippen LogP contribution in [0.3, 0.4) is 0 Å². The number of methoxy groups -OCH3 is 1. The average Bonchev–Trinajstić information content (AvgIpc) is 2.23. The molecule has 1 radical (unpaired) electrons. The maximum Gasteiger partial charge on any atom is 0.328 e. The minimum absolute atomic E-state index is 0.0198. The summed E-state index contributed by atoms with van der Waals surface area (Å²) in [6.07, 6.45) is 0.768. The molecule has 0 saturated heterocycles. The number of carbonyl (C=O) groups excluding carboxylic acids is 2. The molecule has 0 spiro atoms. The third kappa shape index (κ3) is 3.78. The van der Waals surface area contributed by atoms with Gasteiger partial charge in [0.25, 0.3) is 0 Å². The second kappa shape index (κ2) is 6.42. The summed E-state index contributed by atoms with van der Waals surface area (Å²) in [4.78, 5) is 22.2. The minimum atomic E-state index is -0.628. The van der Waals surface area contributed by atoms with E-state index >= 15 is 0 Å². The predicted molar refractivity (Wildman–Crippen MR) is 53.7 cm³/mol. The largest absolute Gasteiger partial charge is 0.467 e. The van der Waals surface area contributed by atoms with Gasteiger partial charge in [-0.2, -0.15) is 0 Å². The summed E-state index contributed by atoms with van der Waals surface area (Å²) in [5, 5.41) is 2.47. The third-order valence-corrected chi connectivity index (χ3v) is 2.12. The maximum absolute atomic E-state index is 11.3. The smallest absolute Gasteiger partial charge is 0.328 e. The van der Waals surface area contributed by atoms with Crippen molar-refractivity contribution in [1.82, 2.24) is 5.32 Å². The fourth-order valence-corrected chi connectivity index (χ4v) is 0.998.